The molecular formula is C27H33ClN4O2. The molecule has 1 aliphatic carbocycles. The lowest BCUT2D eigenvalue weighted by molar-refractivity contribution is -0.135. The molecule has 1 aliphatic heterocycles. The molecular weight excluding hydrogens is 448 g/mol. The first-order chi connectivity index (χ1) is 15.9. The summed E-state index contributed by atoms with van der Waals surface area (Å²) < 4.78 is 0. The van der Waals surface area contributed by atoms with Gasteiger partial charge in [-0.3, -0.25) is 9.59 Å². The van der Waals surface area contributed by atoms with Crippen LogP contribution in [0.1, 0.15) is 41.9 Å². The Labute approximate surface area is 206 Å². The third-order valence-corrected chi connectivity index (χ3v) is 7.71. The fraction of sp³-hybridized carbons (Fsp3) is 0.407. The molecule has 7 heteroatoms. The third kappa shape index (κ3) is 4.10. The molecule has 1 spiro atoms. The maximum atomic E-state index is 13.2. The second-order valence-corrected chi connectivity index (χ2v) is 9.85. The Morgan fingerprint density at radius 3 is 2.53 bits per heavy atom. The van der Waals surface area contributed by atoms with Crippen LogP contribution >= 0.6 is 12.4 Å². The quantitative estimate of drug-likeness (QED) is 0.598. The molecule has 2 aliphatic rings. The van der Waals surface area contributed by atoms with Gasteiger partial charge in [0, 0.05) is 49.7 Å². The number of halogens is 1. The summed E-state index contributed by atoms with van der Waals surface area (Å²) >= 11 is 0. The number of hydrogen-bond donors (Lipinski definition) is 2. The number of nitrogens with one attached hydrogen (secondary N) is 1. The monoisotopic (exact) mass is 480 g/mol. The van der Waals surface area contributed by atoms with E-state index in [4.69, 9.17) is 5.73 Å². The first-order valence-electron chi connectivity index (χ1n) is 11.8. The number of rotatable bonds is 4. The first-order valence-corrected chi connectivity index (χ1v) is 11.8. The van der Waals surface area contributed by atoms with Crippen LogP contribution in [0, 0.1) is 0 Å². The third-order valence-electron chi connectivity index (χ3n) is 7.71. The SMILES string of the molecule is CN(C)C(=O)[C@H]1CC2(CCN(C(=O)C(N)Cc3c[nH]c4ccccc34)CC2)c2ccccc21.Cl. The van der Waals surface area contributed by atoms with Gasteiger partial charge >= 0.3 is 0 Å². The first kappa shape index (κ1) is 24.3. The van der Waals surface area contributed by atoms with Crippen molar-refractivity contribution in [3.63, 3.8) is 0 Å². The summed E-state index contributed by atoms with van der Waals surface area (Å²) in [5.41, 5.74) is 10.9. The number of aromatic nitrogens is 1. The van der Waals surface area contributed by atoms with Crippen LogP contribution in [0.3, 0.4) is 0 Å². The zero-order chi connectivity index (χ0) is 23.2. The lowest BCUT2D eigenvalue weighted by atomic mass is 9.73. The molecule has 1 unspecified atom stereocenters. The van der Waals surface area contributed by atoms with Crippen LogP contribution in [-0.4, -0.2) is 59.8 Å². The minimum atomic E-state index is -0.558. The summed E-state index contributed by atoms with van der Waals surface area (Å²) in [7, 11) is 3.65. The van der Waals surface area contributed by atoms with Crippen molar-refractivity contribution in [3.05, 3.63) is 71.4 Å². The van der Waals surface area contributed by atoms with Crippen molar-refractivity contribution in [1.29, 1.82) is 0 Å². The van der Waals surface area contributed by atoms with Crippen molar-refractivity contribution < 1.29 is 9.59 Å². The number of likely N-dealkylation sites (N-methyl/N-ethyl adjacent to an activating group) is 1. The molecule has 0 bridgehead atoms. The van der Waals surface area contributed by atoms with Gasteiger partial charge in [-0.2, -0.15) is 0 Å². The fourth-order valence-electron chi connectivity index (χ4n) is 5.91. The average molecular weight is 481 g/mol. The number of piperidine rings is 1. The number of fused-ring (bicyclic) bond motifs is 3. The molecule has 2 aromatic carbocycles. The standard InChI is InChI=1S/C27H32N4O2.ClH/c1-30(2)25(32)21-16-27(22-9-5-3-8-20(21)22)11-13-31(14-12-27)26(33)23(28)15-18-17-29-24-10-6-4-7-19(18)24;/h3-10,17,21,23,29H,11-16,28H2,1-2H3;1H/t21-,23?;/m0./s1. The van der Waals surface area contributed by atoms with Crippen LogP contribution in [0.5, 0.6) is 0 Å². The second-order valence-electron chi connectivity index (χ2n) is 9.85. The highest BCUT2D eigenvalue weighted by molar-refractivity contribution is 5.87. The van der Waals surface area contributed by atoms with E-state index in [-0.39, 0.29) is 35.6 Å². The predicted molar refractivity (Wildman–Crippen MR) is 137 cm³/mol. The minimum absolute atomic E-state index is 0. The largest absolute Gasteiger partial charge is 0.361 e. The fourth-order valence-corrected chi connectivity index (χ4v) is 5.91. The number of nitrogens with two attached hydrogens (primary N) is 1. The number of likely N-dealkylation sites (tertiary alicyclic amines) is 1. The van der Waals surface area contributed by atoms with Crippen molar-refractivity contribution >= 4 is 35.1 Å². The molecule has 0 saturated carbocycles. The van der Waals surface area contributed by atoms with E-state index in [0.717, 1.165) is 41.3 Å². The van der Waals surface area contributed by atoms with Gasteiger partial charge in [-0.1, -0.05) is 42.5 Å². The van der Waals surface area contributed by atoms with Crippen molar-refractivity contribution in [2.45, 2.75) is 43.1 Å². The smallest absolute Gasteiger partial charge is 0.239 e. The molecule has 2 heterocycles. The Hall–Kier alpha value is -2.83. The van der Waals surface area contributed by atoms with Gasteiger partial charge in [-0.05, 0) is 48.4 Å². The number of para-hydroxylation sites is 1. The normalized spacial score (nSPS) is 19.5. The lowest BCUT2D eigenvalue weighted by Gasteiger charge is -2.41. The van der Waals surface area contributed by atoms with E-state index in [1.165, 1.54) is 5.56 Å². The van der Waals surface area contributed by atoms with Crippen molar-refractivity contribution in [3.8, 4) is 0 Å². The van der Waals surface area contributed by atoms with Crippen LogP contribution in [0.2, 0.25) is 0 Å². The molecule has 3 aromatic rings. The molecule has 5 rings (SSSR count). The lowest BCUT2D eigenvalue weighted by Crippen LogP contribution is -2.50. The summed E-state index contributed by atoms with van der Waals surface area (Å²) in [6.45, 7) is 1.36. The predicted octanol–water partition coefficient (Wildman–Crippen LogP) is 3.60. The maximum absolute atomic E-state index is 13.2. The van der Waals surface area contributed by atoms with E-state index in [9.17, 15) is 9.59 Å². The van der Waals surface area contributed by atoms with E-state index in [1.54, 1.807) is 4.90 Å². The summed E-state index contributed by atoms with van der Waals surface area (Å²) in [6, 6.07) is 15.9. The van der Waals surface area contributed by atoms with E-state index < -0.39 is 6.04 Å². The number of nitrogens with zero attached hydrogens (tertiary/aromatic N) is 2. The Kier molecular flexibility index (Phi) is 6.74. The van der Waals surface area contributed by atoms with Crippen LogP contribution in [-0.2, 0) is 21.4 Å². The van der Waals surface area contributed by atoms with Gasteiger partial charge in [0.2, 0.25) is 11.8 Å². The minimum Gasteiger partial charge on any atom is -0.361 e. The molecule has 1 fully saturated rings. The summed E-state index contributed by atoms with van der Waals surface area (Å²) in [5, 5.41) is 1.12. The van der Waals surface area contributed by atoms with Gasteiger partial charge in [0.05, 0.1) is 12.0 Å². The topological polar surface area (TPSA) is 82.4 Å². The van der Waals surface area contributed by atoms with Crippen molar-refractivity contribution in [2.24, 2.45) is 5.73 Å². The molecule has 1 aromatic heterocycles. The van der Waals surface area contributed by atoms with Crippen LogP contribution < -0.4 is 5.73 Å². The molecule has 1 saturated heterocycles. The molecule has 34 heavy (non-hydrogen) atoms. The Morgan fingerprint density at radius 2 is 1.79 bits per heavy atom. The second kappa shape index (κ2) is 9.43. The highest BCUT2D eigenvalue weighted by atomic mass is 35.5. The molecule has 0 radical (unpaired) electrons. The molecule has 2 atom stereocenters. The molecule has 2 amide bonds. The van der Waals surface area contributed by atoms with E-state index in [2.05, 4.69) is 29.2 Å². The highest BCUT2D eigenvalue weighted by Gasteiger charge is 2.48. The number of aromatic amines is 1. The molecule has 3 N–H and O–H groups in total. The Balaban J connectivity index is 0.00000274. The zero-order valence-electron chi connectivity index (χ0n) is 19.8. The maximum Gasteiger partial charge on any atom is 0.239 e. The summed E-state index contributed by atoms with van der Waals surface area (Å²) in [4.78, 5) is 33.0. The van der Waals surface area contributed by atoms with Crippen molar-refractivity contribution in [2.75, 3.05) is 27.2 Å². The van der Waals surface area contributed by atoms with Crippen LogP contribution in [0.25, 0.3) is 10.9 Å². The Morgan fingerprint density at radius 1 is 1.12 bits per heavy atom. The van der Waals surface area contributed by atoms with Gasteiger partial charge in [0.15, 0.2) is 0 Å². The van der Waals surface area contributed by atoms with Gasteiger partial charge in [0.1, 0.15) is 0 Å². The Bertz CT molecular complexity index is 1200. The van der Waals surface area contributed by atoms with Crippen molar-refractivity contribution in [1.82, 2.24) is 14.8 Å². The van der Waals surface area contributed by atoms with Crippen LogP contribution in [0.4, 0.5) is 0 Å². The number of hydrogen-bond acceptors (Lipinski definition) is 3. The molecule has 6 nitrogen and oxygen atoms in total. The zero-order valence-corrected chi connectivity index (χ0v) is 20.6. The number of H-pyrrole nitrogens is 1. The number of benzene rings is 2. The van der Waals surface area contributed by atoms with Gasteiger partial charge < -0.3 is 20.5 Å². The summed E-state index contributed by atoms with van der Waals surface area (Å²) in [6.07, 6.45) is 5.04. The van der Waals surface area contributed by atoms with Gasteiger partial charge in [0.25, 0.3) is 0 Å². The van der Waals surface area contributed by atoms with E-state index in [0.29, 0.717) is 19.5 Å². The van der Waals surface area contributed by atoms with Gasteiger partial charge in [-0.15, -0.1) is 12.4 Å². The molecule has 180 valence electrons. The van der Waals surface area contributed by atoms with Crippen LogP contribution in [0.15, 0.2) is 54.7 Å². The van der Waals surface area contributed by atoms with E-state index >= 15 is 0 Å². The number of carbonyl (C=O) groups excluding carboxylic acids is 2. The average Bonchev–Trinajstić information content (AvgIpc) is 3.38. The highest BCUT2D eigenvalue weighted by Crippen LogP contribution is 2.52. The van der Waals surface area contributed by atoms with E-state index in [1.807, 2.05) is 49.5 Å². The van der Waals surface area contributed by atoms with Gasteiger partial charge in [-0.25, -0.2) is 0 Å². The summed E-state index contributed by atoms with van der Waals surface area (Å²) in [5.74, 6) is 0.0866. The number of amides is 2. The number of carbonyl (C=O) groups is 2.